The van der Waals surface area contributed by atoms with Crippen molar-refractivity contribution >= 4 is 11.6 Å². The first kappa shape index (κ1) is 15.5. The zero-order valence-electron chi connectivity index (χ0n) is 13.0. The summed E-state index contributed by atoms with van der Waals surface area (Å²) in [6.45, 7) is 2.92. The second-order valence-electron chi connectivity index (χ2n) is 5.86. The van der Waals surface area contributed by atoms with E-state index in [-0.39, 0.29) is 18.4 Å². The summed E-state index contributed by atoms with van der Waals surface area (Å²) in [4.78, 5) is 17.9. The van der Waals surface area contributed by atoms with Gasteiger partial charge in [0.05, 0.1) is 24.0 Å². The topological polar surface area (TPSA) is 91.5 Å². The molecular weight excluding hydrogens is 296 g/mol. The number of hydrogen-bond acceptors (Lipinski definition) is 6. The van der Waals surface area contributed by atoms with Gasteiger partial charge in [0.2, 0.25) is 5.91 Å². The van der Waals surface area contributed by atoms with Crippen LogP contribution in [-0.4, -0.2) is 51.8 Å². The Morgan fingerprint density at radius 2 is 2.39 bits per heavy atom. The van der Waals surface area contributed by atoms with Crippen molar-refractivity contribution in [2.45, 2.75) is 19.4 Å². The highest BCUT2D eigenvalue weighted by atomic mass is 16.5. The van der Waals surface area contributed by atoms with Crippen molar-refractivity contribution in [3.63, 3.8) is 0 Å². The van der Waals surface area contributed by atoms with Gasteiger partial charge in [-0.2, -0.15) is 0 Å². The summed E-state index contributed by atoms with van der Waals surface area (Å²) in [6.07, 6.45) is 3.39. The number of carbonyl (C=O) groups is 1. The SMILES string of the molecule is Cc1cc(C[C@@H]2CN(C(=O)CNc3cccnc3)C[C@@H]2O)on1. The highest BCUT2D eigenvalue weighted by Crippen LogP contribution is 2.22. The summed E-state index contributed by atoms with van der Waals surface area (Å²) in [7, 11) is 0. The summed E-state index contributed by atoms with van der Waals surface area (Å²) >= 11 is 0. The molecule has 0 aliphatic carbocycles. The maximum atomic E-state index is 12.3. The van der Waals surface area contributed by atoms with E-state index in [9.17, 15) is 9.90 Å². The number of anilines is 1. The molecular formula is C16H20N4O3. The molecule has 0 radical (unpaired) electrons. The Morgan fingerprint density at radius 3 is 3.09 bits per heavy atom. The van der Waals surface area contributed by atoms with E-state index >= 15 is 0 Å². The van der Waals surface area contributed by atoms with Gasteiger partial charge in [0.25, 0.3) is 0 Å². The maximum absolute atomic E-state index is 12.3. The van der Waals surface area contributed by atoms with E-state index in [0.717, 1.165) is 17.1 Å². The van der Waals surface area contributed by atoms with Crippen molar-refractivity contribution in [2.24, 2.45) is 5.92 Å². The van der Waals surface area contributed by atoms with Gasteiger partial charge in [0.1, 0.15) is 5.76 Å². The highest BCUT2D eigenvalue weighted by molar-refractivity contribution is 5.81. The third-order valence-corrected chi connectivity index (χ3v) is 4.00. The van der Waals surface area contributed by atoms with Crippen molar-refractivity contribution in [1.82, 2.24) is 15.0 Å². The average molecular weight is 316 g/mol. The Labute approximate surface area is 134 Å². The van der Waals surface area contributed by atoms with Crippen LogP contribution in [0.3, 0.4) is 0 Å². The van der Waals surface area contributed by atoms with Crippen LogP contribution in [0.25, 0.3) is 0 Å². The van der Waals surface area contributed by atoms with Crippen molar-refractivity contribution in [1.29, 1.82) is 0 Å². The molecule has 0 bridgehead atoms. The number of aromatic nitrogens is 2. The van der Waals surface area contributed by atoms with Gasteiger partial charge in [-0.1, -0.05) is 5.16 Å². The molecule has 0 saturated carbocycles. The summed E-state index contributed by atoms with van der Waals surface area (Å²) in [5.41, 5.74) is 1.62. The van der Waals surface area contributed by atoms with Gasteiger partial charge in [0.15, 0.2) is 0 Å². The molecule has 3 heterocycles. The standard InChI is InChI=1S/C16H20N4O3/c1-11-5-14(23-19-11)6-12-9-20(10-15(12)21)16(22)8-18-13-3-2-4-17-7-13/h2-5,7,12,15,18,21H,6,8-10H2,1H3/t12-,15+/m1/s1. The second-order valence-corrected chi connectivity index (χ2v) is 5.86. The number of likely N-dealkylation sites (tertiary alicyclic amines) is 1. The molecule has 2 aromatic rings. The number of aliphatic hydroxyl groups is 1. The molecule has 1 amide bonds. The molecule has 7 nitrogen and oxygen atoms in total. The summed E-state index contributed by atoms with van der Waals surface area (Å²) in [5, 5.41) is 17.1. The molecule has 23 heavy (non-hydrogen) atoms. The van der Waals surface area contributed by atoms with Crippen molar-refractivity contribution < 1.29 is 14.4 Å². The van der Waals surface area contributed by atoms with Gasteiger partial charge in [-0.05, 0) is 19.1 Å². The number of aliphatic hydroxyl groups excluding tert-OH is 1. The molecule has 3 rings (SSSR count). The number of nitrogens with one attached hydrogen (secondary N) is 1. The van der Waals surface area contributed by atoms with E-state index < -0.39 is 6.10 Å². The number of amides is 1. The smallest absolute Gasteiger partial charge is 0.241 e. The maximum Gasteiger partial charge on any atom is 0.241 e. The van der Waals surface area contributed by atoms with E-state index in [1.807, 2.05) is 25.1 Å². The van der Waals surface area contributed by atoms with Crippen LogP contribution < -0.4 is 5.32 Å². The normalized spacial score (nSPS) is 20.7. The van der Waals surface area contributed by atoms with E-state index in [1.165, 1.54) is 0 Å². The van der Waals surface area contributed by atoms with Gasteiger partial charge in [0, 0.05) is 43.9 Å². The van der Waals surface area contributed by atoms with E-state index in [1.54, 1.807) is 17.3 Å². The fraction of sp³-hybridized carbons (Fsp3) is 0.438. The minimum absolute atomic E-state index is 0.0234. The van der Waals surface area contributed by atoms with Crippen molar-refractivity contribution in [3.8, 4) is 0 Å². The first-order chi connectivity index (χ1) is 11.1. The van der Waals surface area contributed by atoms with Crippen LogP contribution in [0.5, 0.6) is 0 Å². The molecule has 0 aromatic carbocycles. The predicted octanol–water partition coefficient (Wildman–Crippen LogP) is 0.852. The Hall–Kier alpha value is -2.41. The molecule has 1 saturated heterocycles. The highest BCUT2D eigenvalue weighted by Gasteiger charge is 2.34. The lowest BCUT2D eigenvalue weighted by Crippen LogP contribution is -2.34. The third-order valence-electron chi connectivity index (χ3n) is 4.00. The predicted molar refractivity (Wildman–Crippen MR) is 83.7 cm³/mol. The summed E-state index contributed by atoms with van der Waals surface area (Å²) < 4.78 is 5.19. The molecule has 2 aromatic heterocycles. The van der Waals surface area contributed by atoms with Crippen LogP contribution in [0.1, 0.15) is 11.5 Å². The van der Waals surface area contributed by atoms with Crippen LogP contribution >= 0.6 is 0 Å². The third kappa shape index (κ3) is 3.87. The number of carbonyl (C=O) groups excluding carboxylic acids is 1. The molecule has 122 valence electrons. The zero-order chi connectivity index (χ0) is 16.2. The molecule has 7 heteroatoms. The summed E-state index contributed by atoms with van der Waals surface area (Å²) in [6, 6.07) is 5.52. The lowest BCUT2D eigenvalue weighted by atomic mass is 10.0. The monoisotopic (exact) mass is 316 g/mol. The van der Waals surface area contributed by atoms with Crippen LogP contribution in [0.15, 0.2) is 35.1 Å². The number of pyridine rings is 1. The number of aryl methyl sites for hydroxylation is 1. The molecule has 2 atom stereocenters. The van der Waals surface area contributed by atoms with Crippen molar-refractivity contribution in [2.75, 3.05) is 25.0 Å². The quantitative estimate of drug-likeness (QED) is 0.850. The first-order valence-electron chi connectivity index (χ1n) is 7.64. The van der Waals surface area contributed by atoms with Crippen LogP contribution in [0.2, 0.25) is 0 Å². The Balaban J connectivity index is 1.52. The van der Waals surface area contributed by atoms with E-state index in [4.69, 9.17) is 4.52 Å². The van der Waals surface area contributed by atoms with Gasteiger partial charge >= 0.3 is 0 Å². The first-order valence-corrected chi connectivity index (χ1v) is 7.64. The van der Waals surface area contributed by atoms with E-state index in [2.05, 4.69) is 15.5 Å². The molecule has 1 fully saturated rings. The molecule has 1 aliphatic rings. The molecule has 2 N–H and O–H groups in total. The number of hydrogen-bond donors (Lipinski definition) is 2. The van der Waals surface area contributed by atoms with Crippen LogP contribution in [0, 0.1) is 12.8 Å². The minimum Gasteiger partial charge on any atom is -0.391 e. The lowest BCUT2D eigenvalue weighted by Gasteiger charge is -2.16. The second kappa shape index (κ2) is 6.78. The van der Waals surface area contributed by atoms with Gasteiger partial charge in [-0.15, -0.1) is 0 Å². The molecule has 1 aliphatic heterocycles. The number of β-amino-alcohol motifs (C(OH)–C–C–N with tert-alkyl or cyclic N) is 1. The van der Waals surface area contributed by atoms with Gasteiger partial charge < -0.3 is 19.8 Å². The van der Waals surface area contributed by atoms with Gasteiger partial charge in [-0.25, -0.2) is 0 Å². The number of rotatable bonds is 5. The van der Waals surface area contributed by atoms with E-state index in [0.29, 0.717) is 19.5 Å². The Kier molecular flexibility index (Phi) is 4.57. The molecule has 0 unspecified atom stereocenters. The average Bonchev–Trinajstić information content (AvgIpc) is 3.13. The zero-order valence-corrected chi connectivity index (χ0v) is 13.0. The van der Waals surface area contributed by atoms with Crippen LogP contribution in [0.4, 0.5) is 5.69 Å². The minimum atomic E-state index is -0.539. The lowest BCUT2D eigenvalue weighted by molar-refractivity contribution is -0.128. The summed E-state index contributed by atoms with van der Waals surface area (Å²) in [5.74, 6) is 0.683. The fourth-order valence-corrected chi connectivity index (χ4v) is 2.79. The molecule has 0 spiro atoms. The van der Waals surface area contributed by atoms with Crippen molar-refractivity contribution in [3.05, 3.63) is 42.0 Å². The Morgan fingerprint density at radius 1 is 1.52 bits per heavy atom. The van der Waals surface area contributed by atoms with Gasteiger partial charge in [-0.3, -0.25) is 9.78 Å². The largest absolute Gasteiger partial charge is 0.391 e. The fourth-order valence-electron chi connectivity index (χ4n) is 2.79. The van der Waals surface area contributed by atoms with Crippen LogP contribution in [-0.2, 0) is 11.2 Å². The number of nitrogens with zero attached hydrogens (tertiary/aromatic N) is 3. The Bertz CT molecular complexity index is 658.